The maximum atomic E-state index is 10.6. The monoisotopic (exact) mass is 433 g/mol. The molecule has 2 aliphatic rings. The summed E-state index contributed by atoms with van der Waals surface area (Å²) in [6.07, 6.45) is -4.24. The first-order chi connectivity index (χ1) is 13.7. The fraction of sp³-hybridized carbons (Fsp3) is 0.611. The lowest BCUT2D eigenvalue weighted by Gasteiger charge is -2.32. The van der Waals surface area contributed by atoms with Gasteiger partial charge in [-0.1, -0.05) is 5.16 Å². The molecule has 0 amide bonds. The third kappa shape index (κ3) is 6.00. The van der Waals surface area contributed by atoms with Crippen molar-refractivity contribution in [3.63, 3.8) is 0 Å². The van der Waals surface area contributed by atoms with Gasteiger partial charge in [-0.3, -0.25) is 4.90 Å². The molecule has 4 heterocycles. The highest BCUT2D eigenvalue weighted by Crippen LogP contribution is 2.36. The van der Waals surface area contributed by atoms with Crippen LogP contribution in [0.3, 0.4) is 0 Å². The Kier molecular flexibility index (Phi) is 6.91. The predicted octanol–water partition coefficient (Wildman–Crippen LogP) is 3.01. The fourth-order valence-corrected chi connectivity index (χ4v) is 4.48. The van der Waals surface area contributed by atoms with E-state index >= 15 is 0 Å². The van der Waals surface area contributed by atoms with Gasteiger partial charge in [-0.2, -0.15) is 29.5 Å². The molecule has 2 aromatic rings. The van der Waals surface area contributed by atoms with E-state index in [1.807, 2.05) is 6.92 Å². The molecule has 7 nitrogen and oxygen atoms in total. The molecule has 0 unspecified atom stereocenters. The van der Waals surface area contributed by atoms with Gasteiger partial charge in [0.25, 0.3) is 0 Å². The third-order valence-electron chi connectivity index (χ3n) is 5.07. The summed E-state index contributed by atoms with van der Waals surface area (Å²) in [4.78, 5) is 15.8. The van der Waals surface area contributed by atoms with Crippen molar-refractivity contribution in [1.82, 2.24) is 15.0 Å². The minimum absolute atomic E-state index is 0.492. The molecule has 2 saturated heterocycles. The summed E-state index contributed by atoms with van der Waals surface area (Å²) in [6, 6.07) is 2.22. The molecule has 2 aliphatic heterocycles. The summed E-state index contributed by atoms with van der Waals surface area (Å²) in [5, 5.41) is 15.4. The Hall–Kier alpha value is -1.98. The molecule has 0 aliphatic carbocycles. The van der Waals surface area contributed by atoms with E-state index in [0.29, 0.717) is 23.6 Å². The minimum Gasteiger partial charge on any atom is -0.475 e. The summed E-state index contributed by atoms with van der Waals surface area (Å²) >= 11 is 1.77. The summed E-state index contributed by atoms with van der Waals surface area (Å²) in [5.74, 6) is 0.524. The van der Waals surface area contributed by atoms with E-state index in [4.69, 9.17) is 19.2 Å². The molecular weight excluding hydrogens is 411 g/mol. The lowest BCUT2D eigenvalue weighted by molar-refractivity contribution is -0.192. The predicted molar refractivity (Wildman–Crippen MR) is 97.3 cm³/mol. The standard InChI is InChI=1S/C16H21N3O2S.C2HF3O2/c1-11-17-16(21-18-11)4-13-8-20-9-14-6-19(7-15(13)14)5-12-2-3-22-10-12;3-2(4,5)1(6)7/h2-3,10,13-15H,4-9H2,1H3;(H,6,7)/t13-,14-,15+;/m1./s1. The molecule has 11 heteroatoms. The highest BCUT2D eigenvalue weighted by Gasteiger charge is 2.41. The molecule has 160 valence electrons. The van der Waals surface area contributed by atoms with Gasteiger partial charge < -0.3 is 14.4 Å². The highest BCUT2D eigenvalue weighted by molar-refractivity contribution is 7.07. The normalized spacial score (nSPS) is 24.6. The lowest BCUT2D eigenvalue weighted by atomic mass is 9.81. The van der Waals surface area contributed by atoms with Gasteiger partial charge in [-0.05, 0) is 47.1 Å². The van der Waals surface area contributed by atoms with Crippen LogP contribution in [-0.4, -0.2) is 58.6 Å². The number of aryl methyl sites for hydroxylation is 1. The number of thiophene rings is 1. The molecular formula is C18H22F3N3O4S. The van der Waals surface area contributed by atoms with Crippen LogP contribution >= 0.6 is 11.3 Å². The van der Waals surface area contributed by atoms with Gasteiger partial charge in [0.1, 0.15) is 0 Å². The number of aromatic nitrogens is 2. The summed E-state index contributed by atoms with van der Waals surface area (Å²) < 4.78 is 42.9. The maximum absolute atomic E-state index is 10.6. The van der Waals surface area contributed by atoms with Crippen molar-refractivity contribution < 1.29 is 32.3 Å². The van der Waals surface area contributed by atoms with Gasteiger partial charge in [0.15, 0.2) is 5.82 Å². The zero-order valence-corrected chi connectivity index (χ0v) is 16.6. The smallest absolute Gasteiger partial charge is 0.475 e. The zero-order chi connectivity index (χ0) is 21.0. The Morgan fingerprint density at radius 2 is 2.14 bits per heavy atom. The van der Waals surface area contributed by atoms with E-state index in [1.165, 1.54) is 5.56 Å². The van der Waals surface area contributed by atoms with Crippen molar-refractivity contribution in [2.45, 2.75) is 26.1 Å². The van der Waals surface area contributed by atoms with Gasteiger partial charge >= 0.3 is 12.1 Å². The molecule has 0 saturated carbocycles. The van der Waals surface area contributed by atoms with Crippen LogP contribution in [0.2, 0.25) is 0 Å². The van der Waals surface area contributed by atoms with Crippen LogP contribution in [0.25, 0.3) is 0 Å². The van der Waals surface area contributed by atoms with Crippen LogP contribution in [0.4, 0.5) is 13.2 Å². The topological polar surface area (TPSA) is 88.7 Å². The lowest BCUT2D eigenvalue weighted by Crippen LogP contribution is -2.36. The van der Waals surface area contributed by atoms with Crippen molar-refractivity contribution in [3.8, 4) is 0 Å². The Labute approximate surface area is 169 Å². The fourth-order valence-electron chi connectivity index (χ4n) is 3.82. The van der Waals surface area contributed by atoms with Crippen molar-refractivity contribution in [2.24, 2.45) is 17.8 Å². The number of alkyl halides is 3. The van der Waals surface area contributed by atoms with Gasteiger partial charge in [-0.25, -0.2) is 4.79 Å². The van der Waals surface area contributed by atoms with E-state index in [0.717, 1.165) is 45.2 Å². The van der Waals surface area contributed by atoms with Crippen molar-refractivity contribution in [1.29, 1.82) is 0 Å². The average Bonchev–Trinajstić information content (AvgIpc) is 3.37. The van der Waals surface area contributed by atoms with Gasteiger partial charge in [-0.15, -0.1) is 0 Å². The number of nitrogens with zero attached hydrogens (tertiary/aromatic N) is 3. The average molecular weight is 433 g/mol. The molecule has 29 heavy (non-hydrogen) atoms. The molecule has 0 spiro atoms. The quantitative estimate of drug-likeness (QED) is 0.793. The van der Waals surface area contributed by atoms with E-state index in [2.05, 4.69) is 31.9 Å². The summed E-state index contributed by atoms with van der Waals surface area (Å²) in [7, 11) is 0. The molecule has 1 N–H and O–H groups in total. The minimum atomic E-state index is -5.08. The van der Waals surface area contributed by atoms with E-state index in [9.17, 15) is 13.2 Å². The largest absolute Gasteiger partial charge is 0.490 e. The van der Waals surface area contributed by atoms with Crippen molar-refractivity contribution in [3.05, 3.63) is 34.1 Å². The number of fused-ring (bicyclic) bond motifs is 1. The first kappa shape index (κ1) is 21.7. The number of likely N-dealkylation sites (tertiary alicyclic amines) is 1. The van der Waals surface area contributed by atoms with Crippen molar-refractivity contribution in [2.75, 3.05) is 26.3 Å². The summed E-state index contributed by atoms with van der Waals surface area (Å²) in [5.41, 5.74) is 1.42. The molecule has 0 aromatic carbocycles. The zero-order valence-electron chi connectivity index (χ0n) is 15.8. The van der Waals surface area contributed by atoms with E-state index in [1.54, 1.807) is 11.3 Å². The van der Waals surface area contributed by atoms with Crippen LogP contribution in [0, 0.1) is 24.7 Å². The number of carboxylic acids is 1. The number of halogens is 3. The maximum Gasteiger partial charge on any atom is 0.490 e. The highest BCUT2D eigenvalue weighted by atomic mass is 32.1. The Morgan fingerprint density at radius 3 is 2.72 bits per heavy atom. The van der Waals surface area contributed by atoms with Crippen LogP contribution in [0.15, 0.2) is 21.3 Å². The third-order valence-corrected chi connectivity index (χ3v) is 5.80. The molecule has 3 atom stereocenters. The second-order valence-corrected chi connectivity index (χ2v) is 8.07. The molecule has 0 bridgehead atoms. The SMILES string of the molecule is Cc1noc(C[C@@H]2COC[C@H]3CN(Cc4ccsc4)C[C@@H]23)n1.O=C(O)C(F)(F)F. The Morgan fingerprint density at radius 1 is 1.38 bits per heavy atom. The number of ether oxygens (including phenoxy) is 1. The Bertz CT molecular complexity index is 797. The second-order valence-electron chi connectivity index (χ2n) is 7.29. The number of carbonyl (C=O) groups is 1. The first-order valence-corrected chi connectivity index (χ1v) is 10.1. The number of hydrogen-bond donors (Lipinski definition) is 1. The van der Waals surface area contributed by atoms with Crippen molar-refractivity contribution >= 4 is 17.3 Å². The van der Waals surface area contributed by atoms with Gasteiger partial charge in [0, 0.05) is 26.1 Å². The van der Waals surface area contributed by atoms with Crippen LogP contribution < -0.4 is 0 Å². The first-order valence-electron chi connectivity index (χ1n) is 9.13. The van der Waals surface area contributed by atoms with E-state index < -0.39 is 12.1 Å². The summed E-state index contributed by atoms with van der Waals surface area (Å²) in [6.45, 7) is 6.93. The van der Waals surface area contributed by atoms with Crippen LogP contribution in [0.5, 0.6) is 0 Å². The molecule has 0 radical (unpaired) electrons. The number of hydrogen-bond acceptors (Lipinski definition) is 7. The van der Waals surface area contributed by atoms with E-state index in [-0.39, 0.29) is 0 Å². The number of aliphatic carboxylic acids is 1. The number of carboxylic acid groups (broad SMARTS) is 1. The van der Waals surface area contributed by atoms with Gasteiger partial charge in [0.2, 0.25) is 5.89 Å². The molecule has 4 rings (SSSR count). The van der Waals surface area contributed by atoms with Crippen LogP contribution in [-0.2, 0) is 22.5 Å². The molecule has 2 fully saturated rings. The van der Waals surface area contributed by atoms with Gasteiger partial charge in [0.05, 0.1) is 13.2 Å². The second kappa shape index (κ2) is 9.23. The Balaban J connectivity index is 0.000000298. The number of rotatable bonds is 4. The molecule has 2 aromatic heterocycles. The van der Waals surface area contributed by atoms with Crippen LogP contribution in [0.1, 0.15) is 17.3 Å².